The summed E-state index contributed by atoms with van der Waals surface area (Å²) >= 11 is 0.900. The second kappa shape index (κ2) is 12.0. The number of sulfonamides is 1. The van der Waals surface area contributed by atoms with Crippen LogP contribution in [0.3, 0.4) is 0 Å². The van der Waals surface area contributed by atoms with Crippen LogP contribution < -0.4 is 14.4 Å². The van der Waals surface area contributed by atoms with Gasteiger partial charge in [-0.25, -0.2) is 18.0 Å². The fraction of sp³-hybridized carbons (Fsp3) is 0.308. The molecule has 0 bridgehead atoms. The molecule has 0 atom stereocenters. The third-order valence-corrected chi connectivity index (χ3v) is 9.55. The van der Waals surface area contributed by atoms with Crippen LogP contribution in [-0.2, 0) is 20.6 Å². The Morgan fingerprint density at radius 3 is 2.50 bits per heavy atom. The average Bonchev–Trinajstić information content (AvgIpc) is 3.24. The van der Waals surface area contributed by atoms with Crippen molar-refractivity contribution in [3.63, 3.8) is 0 Å². The maximum absolute atomic E-state index is 13.9. The van der Waals surface area contributed by atoms with Crippen LogP contribution in [0.15, 0.2) is 48.5 Å². The van der Waals surface area contributed by atoms with Crippen LogP contribution in [0.5, 0.6) is 5.75 Å². The van der Waals surface area contributed by atoms with E-state index in [2.05, 4.69) is 5.32 Å². The normalized spacial score (nSPS) is 14.0. The number of ether oxygens (including phenoxy) is 1. The number of nitrogens with one attached hydrogen (secondary N) is 1. The van der Waals surface area contributed by atoms with Crippen molar-refractivity contribution < 1.29 is 37.9 Å². The van der Waals surface area contributed by atoms with Gasteiger partial charge in [0.15, 0.2) is 11.5 Å². The third kappa shape index (κ3) is 6.24. The number of anilines is 1. The molecule has 4 rings (SSSR count). The Labute approximate surface area is 234 Å². The molecule has 0 spiro atoms. The van der Waals surface area contributed by atoms with Gasteiger partial charge in [-0.15, -0.1) is 11.3 Å². The highest BCUT2D eigenvalue weighted by molar-refractivity contribution is 7.92. The molecule has 0 radical (unpaired) electrons. The molecule has 1 aromatic heterocycles. The van der Waals surface area contributed by atoms with E-state index in [1.807, 2.05) is 0 Å². The van der Waals surface area contributed by atoms with E-state index in [9.17, 15) is 33.2 Å². The van der Waals surface area contributed by atoms with Gasteiger partial charge in [0.25, 0.3) is 5.69 Å². The maximum Gasteiger partial charge on any atom is 0.349 e. The molecule has 0 aliphatic carbocycles. The standard InChI is InChI=1S/C26H27N3O9S2/c1-16-23(38-14-22(30)31)25(26(32)33)39-24(16)17-6-4-7-20(13-17)28(19-9-11-27-12-10-19)40(36,37)15-18-5-2-3-8-21(18)29(34)35/h2-8,13,19,27H,9-12,14-15H2,1H3,(H,30,31)(H,32,33). The van der Waals surface area contributed by atoms with Crippen LogP contribution in [0.2, 0.25) is 0 Å². The lowest BCUT2D eigenvalue weighted by Gasteiger charge is -2.35. The Hall–Kier alpha value is -4.01. The molecule has 1 aliphatic heterocycles. The smallest absolute Gasteiger partial charge is 0.349 e. The molecule has 3 N–H and O–H groups in total. The molecule has 1 fully saturated rings. The number of carboxylic acids is 2. The predicted molar refractivity (Wildman–Crippen MR) is 149 cm³/mol. The summed E-state index contributed by atoms with van der Waals surface area (Å²) in [6, 6.07) is 11.9. The van der Waals surface area contributed by atoms with Gasteiger partial charge in [0, 0.05) is 28.1 Å². The highest BCUT2D eigenvalue weighted by atomic mass is 32.2. The van der Waals surface area contributed by atoms with Crippen molar-refractivity contribution in [1.29, 1.82) is 0 Å². The monoisotopic (exact) mass is 589 g/mol. The highest BCUT2D eigenvalue weighted by Gasteiger charge is 2.33. The van der Waals surface area contributed by atoms with Crippen molar-refractivity contribution in [3.05, 3.63) is 74.6 Å². The van der Waals surface area contributed by atoms with Crippen molar-refractivity contribution in [2.24, 2.45) is 0 Å². The first-order chi connectivity index (χ1) is 19.0. The lowest BCUT2D eigenvalue weighted by molar-refractivity contribution is -0.385. The zero-order valence-corrected chi connectivity index (χ0v) is 23.0. The number of rotatable bonds is 11. The Morgan fingerprint density at radius 1 is 1.15 bits per heavy atom. The quantitative estimate of drug-likeness (QED) is 0.220. The molecule has 40 heavy (non-hydrogen) atoms. The van der Waals surface area contributed by atoms with E-state index in [4.69, 9.17) is 9.84 Å². The second-order valence-corrected chi connectivity index (χ2v) is 12.0. The summed E-state index contributed by atoms with van der Waals surface area (Å²) in [5, 5.41) is 33.4. The minimum absolute atomic E-state index is 0.0560. The van der Waals surface area contributed by atoms with Gasteiger partial charge in [0.1, 0.15) is 11.5 Å². The summed E-state index contributed by atoms with van der Waals surface area (Å²) in [5.41, 5.74) is 1.06. The number of hydrogen-bond donors (Lipinski definition) is 3. The molecule has 1 aliphatic rings. The van der Waals surface area contributed by atoms with Gasteiger partial charge >= 0.3 is 11.9 Å². The number of para-hydroxylation sites is 1. The number of carboxylic acid groups (broad SMARTS) is 2. The van der Waals surface area contributed by atoms with Gasteiger partial charge in [-0.3, -0.25) is 14.4 Å². The molecule has 12 nitrogen and oxygen atoms in total. The second-order valence-electron chi connectivity index (χ2n) is 9.17. The van der Waals surface area contributed by atoms with Gasteiger partial charge in [-0.05, 0) is 50.6 Å². The number of thiophene rings is 1. The van der Waals surface area contributed by atoms with E-state index in [1.165, 1.54) is 22.5 Å². The van der Waals surface area contributed by atoms with Gasteiger partial charge in [-0.1, -0.05) is 30.3 Å². The molecule has 2 heterocycles. The van der Waals surface area contributed by atoms with E-state index in [0.29, 0.717) is 47.6 Å². The number of nitrogens with zero attached hydrogens (tertiary/aromatic N) is 2. The largest absolute Gasteiger partial charge is 0.480 e. The SMILES string of the molecule is Cc1c(-c2cccc(N(C3CCNCC3)S(=O)(=O)Cc3ccccc3[N+](=O)[O-])c2)sc(C(=O)O)c1OCC(=O)O. The molecule has 1 saturated heterocycles. The van der Waals surface area contributed by atoms with Gasteiger partial charge in [0.05, 0.1) is 10.6 Å². The number of carbonyl (C=O) groups is 2. The van der Waals surface area contributed by atoms with Gasteiger partial charge in [0.2, 0.25) is 10.0 Å². The van der Waals surface area contributed by atoms with Crippen LogP contribution in [0.1, 0.15) is 33.6 Å². The lowest BCUT2D eigenvalue weighted by Crippen LogP contribution is -2.46. The van der Waals surface area contributed by atoms with E-state index >= 15 is 0 Å². The number of piperidine rings is 1. The Balaban J connectivity index is 1.79. The number of aromatic carboxylic acids is 1. The van der Waals surface area contributed by atoms with Crippen molar-refractivity contribution >= 4 is 44.7 Å². The fourth-order valence-electron chi connectivity index (χ4n) is 4.72. The minimum atomic E-state index is -4.11. The lowest BCUT2D eigenvalue weighted by atomic mass is 10.0. The van der Waals surface area contributed by atoms with E-state index in [1.54, 1.807) is 37.3 Å². The fourth-order valence-corrected chi connectivity index (χ4v) is 7.69. The van der Waals surface area contributed by atoms with E-state index in [-0.39, 0.29) is 21.9 Å². The molecule has 2 aromatic carbocycles. The first-order valence-corrected chi connectivity index (χ1v) is 14.7. The minimum Gasteiger partial charge on any atom is -0.480 e. The zero-order chi connectivity index (χ0) is 29.0. The first kappa shape index (κ1) is 29.0. The van der Waals surface area contributed by atoms with Gasteiger partial charge < -0.3 is 20.3 Å². The van der Waals surface area contributed by atoms with Crippen LogP contribution in [0.4, 0.5) is 11.4 Å². The van der Waals surface area contributed by atoms with Crippen molar-refractivity contribution in [2.45, 2.75) is 31.6 Å². The molecule has 0 saturated carbocycles. The number of hydrogen-bond acceptors (Lipinski definition) is 9. The summed E-state index contributed by atoms with van der Waals surface area (Å²) in [5.74, 6) is -3.17. The number of aliphatic carboxylic acids is 1. The van der Waals surface area contributed by atoms with Crippen molar-refractivity contribution in [2.75, 3.05) is 24.0 Å². The van der Waals surface area contributed by atoms with Gasteiger partial charge in [-0.2, -0.15) is 0 Å². The topological polar surface area (TPSA) is 176 Å². The number of nitro benzene ring substituents is 1. The Kier molecular flexibility index (Phi) is 8.71. The molecule has 14 heteroatoms. The summed E-state index contributed by atoms with van der Waals surface area (Å²) in [4.78, 5) is 34.1. The molecule has 3 aromatic rings. The third-order valence-electron chi connectivity index (χ3n) is 6.45. The van der Waals surface area contributed by atoms with Crippen LogP contribution >= 0.6 is 11.3 Å². The zero-order valence-electron chi connectivity index (χ0n) is 21.4. The number of nitro groups is 1. The maximum atomic E-state index is 13.9. The summed E-state index contributed by atoms with van der Waals surface area (Å²) in [6.07, 6.45) is 1.05. The van der Waals surface area contributed by atoms with E-state index < -0.39 is 45.3 Å². The molecule has 0 unspecified atom stereocenters. The average molecular weight is 590 g/mol. The predicted octanol–water partition coefficient (Wildman–Crippen LogP) is 3.88. The highest BCUT2D eigenvalue weighted by Crippen LogP contribution is 2.43. The van der Waals surface area contributed by atoms with E-state index in [0.717, 1.165) is 11.3 Å². The summed E-state index contributed by atoms with van der Waals surface area (Å²) < 4.78 is 34.4. The first-order valence-electron chi connectivity index (χ1n) is 12.3. The molecular formula is C26H27N3O9S2. The Bertz CT molecular complexity index is 1550. The van der Waals surface area contributed by atoms with Crippen molar-refractivity contribution in [1.82, 2.24) is 5.32 Å². The number of benzene rings is 2. The van der Waals surface area contributed by atoms with Crippen LogP contribution in [0.25, 0.3) is 10.4 Å². The molecule has 0 amide bonds. The summed E-state index contributed by atoms with van der Waals surface area (Å²) in [6.45, 7) is 2.08. The van der Waals surface area contributed by atoms with Crippen LogP contribution in [0, 0.1) is 17.0 Å². The Morgan fingerprint density at radius 2 is 1.85 bits per heavy atom. The van der Waals surface area contributed by atoms with Crippen molar-refractivity contribution in [3.8, 4) is 16.2 Å². The summed E-state index contributed by atoms with van der Waals surface area (Å²) in [7, 11) is -4.11. The molecule has 212 valence electrons. The van der Waals surface area contributed by atoms with Crippen LogP contribution in [-0.4, -0.2) is 61.2 Å². The molecular weight excluding hydrogens is 562 g/mol.